The van der Waals surface area contributed by atoms with E-state index in [0.717, 1.165) is 56.1 Å². The zero-order valence-corrected chi connectivity index (χ0v) is 16.3. The van der Waals surface area contributed by atoms with E-state index in [4.69, 9.17) is 10.1 Å². The van der Waals surface area contributed by atoms with Crippen LogP contribution < -0.4 is 0 Å². The average Bonchev–Trinajstić information content (AvgIpc) is 3.22. The third-order valence-electron chi connectivity index (χ3n) is 5.33. The highest BCUT2D eigenvalue weighted by atomic mass is 15.4. The molecule has 0 aliphatic carbocycles. The summed E-state index contributed by atoms with van der Waals surface area (Å²) in [6.45, 7) is 11.1. The summed E-state index contributed by atoms with van der Waals surface area (Å²) in [6.07, 6.45) is 6.23. The summed E-state index contributed by atoms with van der Waals surface area (Å²) in [5, 5.41) is 9.45. The fraction of sp³-hybridized carbons (Fsp3) is 0.737. The van der Waals surface area contributed by atoms with Crippen LogP contribution in [0.15, 0.2) is 12.3 Å². The van der Waals surface area contributed by atoms with Crippen molar-refractivity contribution in [2.75, 3.05) is 20.1 Å². The molecule has 0 bridgehead atoms. The van der Waals surface area contributed by atoms with Crippen LogP contribution in [0.4, 0.5) is 0 Å². The SMILES string of the molecule is CCC(C)Cc1nc(-c2ccnn2C(C)C)n(C2CCN(C)CC2)n1. The Balaban J connectivity index is 1.98. The third kappa shape index (κ3) is 3.94. The fourth-order valence-corrected chi connectivity index (χ4v) is 3.48. The molecule has 0 N–H and O–H groups in total. The Hall–Kier alpha value is -1.69. The maximum absolute atomic E-state index is 4.96. The first-order valence-electron chi connectivity index (χ1n) is 9.67. The lowest BCUT2D eigenvalue weighted by atomic mass is 10.1. The van der Waals surface area contributed by atoms with Crippen LogP contribution in [-0.4, -0.2) is 49.6 Å². The molecule has 138 valence electrons. The molecule has 3 rings (SSSR count). The molecule has 1 saturated heterocycles. The van der Waals surface area contributed by atoms with Gasteiger partial charge in [0.1, 0.15) is 5.69 Å². The third-order valence-corrected chi connectivity index (χ3v) is 5.33. The van der Waals surface area contributed by atoms with Crippen molar-refractivity contribution < 1.29 is 0 Å². The minimum atomic E-state index is 0.311. The Morgan fingerprint density at radius 2 is 1.92 bits per heavy atom. The Labute approximate surface area is 151 Å². The topological polar surface area (TPSA) is 51.8 Å². The van der Waals surface area contributed by atoms with Gasteiger partial charge in [-0.25, -0.2) is 9.67 Å². The van der Waals surface area contributed by atoms with Gasteiger partial charge >= 0.3 is 0 Å². The minimum Gasteiger partial charge on any atom is -0.306 e. The number of nitrogens with zero attached hydrogens (tertiary/aromatic N) is 6. The highest BCUT2D eigenvalue weighted by molar-refractivity contribution is 5.50. The number of piperidine rings is 1. The highest BCUT2D eigenvalue weighted by Gasteiger charge is 2.25. The molecule has 0 saturated carbocycles. The monoisotopic (exact) mass is 344 g/mol. The standard InChI is InChI=1S/C19H32N6/c1-6-15(4)13-18-21-19(17-7-10-20-24(17)14(2)3)25(22-18)16-8-11-23(5)12-9-16/h7,10,14-16H,6,8-9,11-13H2,1-5H3. The molecule has 0 amide bonds. The van der Waals surface area contributed by atoms with E-state index in [1.54, 1.807) is 0 Å². The van der Waals surface area contributed by atoms with E-state index in [2.05, 4.69) is 60.2 Å². The number of rotatable bonds is 6. The lowest BCUT2D eigenvalue weighted by Gasteiger charge is -2.29. The van der Waals surface area contributed by atoms with Gasteiger partial charge < -0.3 is 4.90 Å². The van der Waals surface area contributed by atoms with Crippen LogP contribution in [0.3, 0.4) is 0 Å². The second kappa shape index (κ2) is 7.68. The van der Waals surface area contributed by atoms with Crippen molar-refractivity contribution in [1.29, 1.82) is 0 Å². The predicted octanol–water partition coefficient (Wildman–Crippen LogP) is 3.58. The van der Waals surface area contributed by atoms with Gasteiger partial charge in [0, 0.05) is 18.7 Å². The van der Waals surface area contributed by atoms with Crippen LogP contribution in [0.5, 0.6) is 0 Å². The molecule has 6 nitrogen and oxygen atoms in total. The molecule has 1 atom stereocenters. The van der Waals surface area contributed by atoms with Crippen LogP contribution in [0.25, 0.3) is 11.5 Å². The molecule has 0 spiro atoms. The first-order valence-corrected chi connectivity index (χ1v) is 9.67. The number of hydrogen-bond donors (Lipinski definition) is 0. The molecule has 25 heavy (non-hydrogen) atoms. The highest BCUT2D eigenvalue weighted by Crippen LogP contribution is 2.29. The van der Waals surface area contributed by atoms with Crippen molar-refractivity contribution in [1.82, 2.24) is 29.4 Å². The second-order valence-electron chi connectivity index (χ2n) is 7.80. The first-order chi connectivity index (χ1) is 12.0. The zero-order chi connectivity index (χ0) is 18.0. The predicted molar refractivity (Wildman–Crippen MR) is 101 cm³/mol. The molecule has 2 aromatic rings. The molecular weight excluding hydrogens is 312 g/mol. The van der Waals surface area contributed by atoms with E-state index < -0.39 is 0 Å². The van der Waals surface area contributed by atoms with Crippen molar-refractivity contribution >= 4 is 0 Å². The molecular formula is C19H32N6. The minimum absolute atomic E-state index is 0.311. The quantitative estimate of drug-likeness (QED) is 0.804. The van der Waals surface area contributed by atoms with Crippen molar-refractivity contribution in [3.8, 4) is 11.5 Å². The maximum Gasteiger partial charge on any atom is 0.177 e. The summed E-state index contributed by atoms with van der Waals surface area (Å²) in [5.41, 5.74) is 1.08. The smallest absolute Gasteiger partial charge is 0.177 e. The Kier molecular flexibility index (Phi) is 5.57. The Morgan fingerprint density at radius 1 is 1.20 bits per heavy atom. The number of aromatic nitrogens is 5. The molecule has 0 radical (unpaired) electrons. The summed E-state index contributed by atoms with van der Waals surface area (Å²) < 4.78 is 4.25. The van der Waals surface area contributed by atoms with E-state index in [1.165, 1.54) is 0 Å². The summed E-state index contributed by atoms with van der Waals surface area (Å²) in [7, 11) is 2.20. The van der Waals surface area contributed by atoms with Crippen LogP contribution in [0, 0.1) is 5.92 Å². The van der Waals surface area contributed by atoms with E-state index in [0.29, 0.717) is 18.0 Å². The van der Waals surface area contributed by atoms with Gasteiger partial charge in [-0.3, -0.25) is 4.68 Å². The van der Waals surface area contributed by atoms with Crippen LogP contribution in [0.2, 0.25) is 0 Å². The van der Waals surface area contributed by atoms with Crippen molar-refractivity contribution in [3.63, 3.8) is 0 Å². The van der Waals surface area contributed by atoms with Crippen molar-refractivity contribution in [3.05, 3.63) is 18.1 Å². The van der Waals surface area contributed by atoms with Gasteiger partial charge in [0.15, 0.2) is 11.6 Å². The molecule has 1 unspecified atom stereocenters. The number of likely N-dealkylation sites (tertiary alicyclic amines) is 1. The van der Waals surface area contributed by atoms with Crippen LogP contribution in [0.1, 0.15) is 64.9 Å². The Bertz CT molecular complexity index is 678. The van der Waals surface area contributed by atoms with E-state index >= 15 is 0 Å². The van der Waals surface area contributed by atoms with Gasteiger partial charge in [0.25, 0.3) is 0 Å². The average molecular weight is 345 g/mol. The Morgan fingerprint density at radius 3 is 2.56 bits per heavy atom. The molecule has 6 heteroatoms. The molecule has 1 fully saturated rings. The van der Waals surface area contributed by atoms with E-state index in [-0.39, 0.29) is 0 Å². The normalized spacial score (nSPS) is 18.2. The van der Waals surface area contributed by atoms with Gasteiger partial charge in [0.05, 0.1) is 6.04 Å². The second-order valence-corrected chi connectivity index (χ2v) is 7.80. The summed E-state index contributed by atoms with van der Waals surface area (Å²) >= 11 is 0. The van der Waals surface area contributed by atoms with E-state index in [9.17, 15) is 0 Å². The molecule has 1 aliphatic rings. The molecule has 2 aromatic heterocycles. The van der Waals surface area contributed by atoms with Gasteiger partial charge in [-0.2, -0.15) is 10.2 Å². The lowest BCUT2D eigenvalue weighted by molar-refractivity contribution is 0.212. The first kappa shape index (κ1) is 18.1. The molecule has 0 aromatic carbocycles. The largest absolute Gasteiger partial charge is 0.306 e. The van der Waals surface area contributed by atoms with Crippen molar-refractivity contribution in [2.24, 2.45) is 5.92 Å². The van der Waals surface area contributed by atoms with Gasteiger partial charge in [-0.05, 0) is 58.8 Å². The number of hydrogen-bond acceptors (Lipinski definition) is 4. The van der Waals surface area contributed by atoms with Gasteiger partial charge in [0.2, 0.25) is 0 Å². The maximum atomic E-state index is 4.96. The van der Waals surface area contributed by atoms with Gasteiger partial charge in [-0.15, -0.1) is 0 Å². The van der Waals surface area contributed by atoms with Crippen LogP contribution in [-0.2, 0) is 6.42 Å². The van der Waals surface area contributed by atoms with Crippen LogP contribution >= 0.6 is 0 Å². The molecule has 3 heterocycles. The summed E-state index contributed by atoms with van der Waals surface area (Å²) in [6, 6.07) is 2.81. The molecule has 1 aliphatic heterocycles. The van der Waals surface area contributed by atoms with Crippen molar-refractivity contribution in [2.45, 2.75) is 65.5 Å². The van der Waals surface area contributed by atoms with Gasteiger partial charge in [-0.1, -0.05) is 20.3 Å². The van der Waals surface area contributed by atoms with E-state index in [1.807, 2.05) is 6.20 Å². The zero-order valence-electron chi connectivity index (χ0n) is 16.3. The fourth-order valence-electron chi connectivity index (χ4n) is 3.48. The summed E-state index contributed by atoms with van der Waals surface area (Å²) in [5.74, 6) is 2.56. The lowest BCUT2D eigenvalue weighted by Crippen LogP contribution is -2.32. The summed E-state index contributed by atoms with van der Waals surface area (Å²) in [4.78, 5) is 7.35.